The number of benzene rings is 2. The van der Waals surface area contributed by atoms with Crippen LogP contribution in [-0.2, 0) is 6.42 Å². The number of carbonyl (C=O) groups is 1. The number of aryl methyl sites for hydroxylation is 1. The Kier molecular flexibility index (Phi) is 3.77. The maximum Gasteiger partial charge on any atom is 0.160 e. The van der Waals surface area contributed by atoms with Crippen molar-refractivity contribution in [3.8, 4) is 17.2 Å². The number of Topliss-reactive ketones (excluding diaryl/α,β-unsaturated/α-hetero) is 1. The molecule has 0 radical (unpaired) electrons. The molecule has 19 heavy (non-hydrogen) atoms. The highest BCUT2D eigenvalue weighted by atomic mass is 16.1. The second-order valence-corrected chi connectivity index (χ2v) is 4.55. The minimum absolute atomic E-state index is 0.00380. The van der Waals surface area contributed by atoms with Crippen LogP contribution in [0.4, 0.5) is 0 Å². The van der Waals surface area contributed by atoms with Crippen molar-refractivity contribution in [2.75, 3.05) is 0 Å². The first-order valence-corrected chi connectivity index (χ1v) is 6.21. The Morgan fingerprint density at radius 1 is 1.11 bits per heavy atom. The fourth-order valence-electron chi connectivity index (χ4n) is 2.35. The molecule has 0 N–H and O–H groups in total. The Labute approximate surface area is 113 Å². The van der Waals surface area contributed by atoms with Crippen LogP contribution in [0.25, 0.3) is 11.1 Å². The molecule has 2 rings (SSSR count). The van der Waals surface area contributed by atoms with Crippen LogP contribution in [-0.4, -0.2) is 5.78 Å². The Balaban J connectivity index is 2.71. The maximum atomic E-state index is 11.9. The van der Waals surface area contributed by atoms with Crippen molar-refractivity contribution >= 4 is 5.78 Å². The predicted molar refractivity (Wildman–Crippen MR) is 75.9 cm³/mol. The van der Waals surface area contributed by atoms with Gasteiger partial charge in [-0.3, -0.25) is 4.79 Å². The van der Waals surface area contributed by atoms with Crippen LogP contribution < -0.4 is 0 Å². The summed E-state index contributed by atoms with van der Waals surface area (Å²) in [4.78, 5) is 11.9. The van der Waals surface area contributed by atoms with Crippen LogP contribution in [0.2, 0.25) is 0 Å². The average Bonchev–Trinajstić information content (AvgIpc) is 2.39. The van der Waals surface area contributed by atoms with Gasteiger partial charge in [-0.15, -0.1) is 0 Å². The average molecular weight is 249 g/mol. The van der Waals surface area contributed by atoms with Crippen molar-refractivity contribution in [1.29, 1.82) is 5.26 Å². The molecule has 0 aliphatic carbocycles. The van der Waals surface area contributed by atoms with Gasteiger partial charge in [0.1, 0.15) is 0 Å². The van der Waals surface area contributed by atoms with Crippen LogP contribution >= 0.6 is 0 Å². The molecule has 2 nitrogen and oxygen atoms in total. The monoisotopic (exact) mass is 249 g/mol. The van der Waals surface area contributed by atoms with E-state index < -0.39 is 0 Å². The topological polar surface area (TPSA) is 40.9 Å². The maximum absolute atomic E-state index is 11.9. The van der Waals surface area contributed by atoms with Crippen molar-refractivity contribution < 1.29 is 4.79 Å². The molecule has 0 unspecified atom stereocenters. The zero-order chi connectivity index (χ0) is 13.8. The van der Waals surface area contributed by atoms with Crippen molar-refractivity contribution in [3.63, 3.8) is 0 Å². The van der Waals surface area contributed by atoms with Gasteiger partial charge in [0.2, 0.25) is 0 Å². The fourth-order valence-corrected chi connectivity index (χ4v) is 2.35. The highest BCUT2D eigenvalue weighted by Crippen LogP contribution is 2.29. The van der Waals surface area contributed by atoms with Gasteiger partial charge < -0.3 is 0 Å². The van der Waals surface area contributed by atoms with E-state index in [1.54, 1.807) is 6.92 Å². The van der Waals surface area contributed by atoms with Gasteiger partial charge in [0.05, 0.1) is 12.5 Å². The van der Waals surface area contributed by atoms with E-state index in [4.69, 9.17) is 5.26 Å². The Bertz CT molecular complexity index is 665. The van der Waals surface area contributed by atoms with Gasteiger partial charge in [-0.05, 0) is 36.1 Å². The molecule has 0 aliphatic heterocycles. The molecule has 94 valence electrons. The van der Waals surface area contributed by atoms with E-state index in [0.717, 1.165) is 22.3 Å². The Morgan fingerprint density at radius 3 is 2.42 bits per heavy atom. The molecule has 0 saturated heterocycles. The fraction of sp³-hybridized carbons (Fsp3) is 0.176. The lowest BCUT2D eigenvalue weighted by Gasteiger charge is -2.13. The summed E-state index contributed by atoms with van der Waals surface area (Å²) in [5, 5.41) is 8.88. The molecule has 0 saturated carbocycles. The van der Waals surface area contributed by atoms with Crippen LogP contribution in [0.3, 0.4) is 0 Å². The molecule has 0 aromatic heterocycles. The highest BCUT2D eigenvalue weighted by Gasteiger charge is 2.14. The Morgan fingerprint density at radius 2 is 1.79 bits per heavy atom. The van der Waals surface area contributed by atoms with E-state index in [9.17, 15) is 4.79 Å². The Hall–Kier alpha value is -2.40. The highest BCUT2D eigenvalue weighted by molar-refractivity contribution is 6.02. The van der Waals surface area contributed by atoms with Crippen LogP contribution in [0.5, 0.6) is 0 Å². The van der Waals surface area contributed by atoms with Crippen molar-refractivity contribution in [2.24, 2.45) is 0 Å². The molecule has 0 heterocycles. The zero-order valence-corrected chi connectivity index (χ0v) is 11.1. The summed E-state index contributed by atoms with van der Waals surface area (Å²) in [6.07, 6.45) is 0.259. The summed E-state index contributed by atoms with van der Waals surface area (Å²) in [6, 6.07) is 15.8. The lowest BCUT2D eigenvalue weighted by atomic mass is 9.90. The smallest absolute Gasteiger partial charge is 0.160 e. The van der Waals surface area contributed by atoms with Gasteiger partial charge in [0.15, 0.2) is 5.78 Å². The van der Waals surface area contributed by atoms with Gasteiger partial charge in [0.25, 0.3) is 0 Å². The molecular weight excluding hydrogens is 234 g/mol. The van der Waals surface area contributed by atoms with Gasteiger partial charge in [-0.25, -0.2) is 0 Å². The van der Waals surface area contributed by atoms with E-state index in [1.165, 1.54) is 0 Å². The molecule has 0 spiro atoms. The molecular formula is C17H15NO. The minimum atomic E-state index is 0.00380. The molecule has 0 aliphatic rings. The second kappa shape index (κ2) is 5.49. The summed E-state index contributed by atoms with van der Waals surface area (Å²) in [5.41, 5.74) is 4.55. The molecule has 0 atom stereocenters. The van der Waals surface area contributed by atoms with E-state index in [1.807, 2.05) is 49.4 Å². The largest absolute Gasteiger partial charge is 0.294 e. The quantitative estimate of drug-likeness (QED) is 0.773. The first-order valence-electron chi connectivity index (χ1n) is 6.21. The summed E-state index contributed by atoms with van der Waals surface area (Å²) >= 11 is 0. The number of carbonyl (C=O) groups excluding carboxylic acids is 1. The van der Waals surface area contributed by atoms with Crippen LogP contribution in [0.15, 0.2) is 42.5 Å². The third-order valence-electron chi connectivity index (χ3n) is 3.21. The molecule has 2 aromatic rings. The summed E-state index contributed by atoms with van der Waals surface area (Å²) in [7, 11) is 0. The normalized spacial score (nSPS) is 9.95. The standard InChI is InChI=1S/C17H15NO/c1-12-6-3-4-8-15(12)16-9-5-7-14(10-11-18)17(16)13(2)19/h3-9H,10H2,1-2H3. The van der Waals surface area contributed by atoms with Crippen LogP contribution in [0, 0.1) is 18.3 Å². The van der Waals surface area contributed by atoms with E-state index in [2.05, 4.69) is 6.07 Å². The van der Waals surface area contributed by atoms with Crippen molar-refractivity contribution in [1.82, 2.24) is 0 Å². The van der Waals surface area contributed by atoms with Gasteiger partial charge >= 0.3 is 0 Å². The first kappa shape index (κ1) is 13.0. The van der Waals surface area contributed by atoms with Gasteiger partial charge in [-0.2, -0.15) is 5.26 Å². The van der Waals surface area contributed by atoms with E-state index in [-0.39, 0.29) is 12.2 Å². The number of ketones is 1. The molecule has 2 aromatic carbocycles. The van der Waals surface area contributed by atoms with Crippen LogP contribution in [0.1, 0.15) is 28.4 Å². The summed E-state index contributed by atoms with van der Waals surface area (Å²) < 4.78 is 0. The number of hydrogen-bond donors (Lipinski definition) is 0. The lowest BCUT2D eigenvalue weighted by molar-refractivity contribution is 0.101. The van der Waals surface area contributed by atoms with Gasteiger partial charge in [0, 0.05) is 5.56 Å². The van der Waals surface area contributed by atoms with E-state index >= 15 is 0 Å². The third-order valence-corrected chi connectivity index (χ3v) is 3.21. The minimum Gasteiger partial charge on any atom is -0.294 e. The third kappa shape index (κ3) is 2.56. The van der Waals surface area contributed by atoms with Crippen molar-refractivity contribution in [3.05, 3.63) is 59.2 Å². The number of hydrogen-bond acceptors (Lipinski definition) is 2. The lowest BCUT2D eigenvalue weighted by Crippen LogP contribution is -2.03. The molecule has 0 amide bonds. The number of nitrogens with zero attached hydrogens (tertiary/aromatic N) is 1. The SMILES string of the molecule is CC(=O)c1c(CC#N)cccc1-c1ccccc1C. The molecule has 0 bridgehead atoms. The number of rotatable bonds is 3. The molecule has 2 heteroatoms. The predicted octanol–water partition coefficient (Wildman–Crippen LogP) is 3.93. The zero-order valence-electron chi connectivity index (χ0n) is 11.1. The van der Waals surface area contributed by atoms with E-state index in [0.29, 0.717) is 5.56 Å². The second-order valence-electron chi connectivity index (χ2n) is 4.55. The summed E-state index contributed by atoms with van der Waals surface area (Å²) in [5.74, 6) is 0.00380. The first-order chi connectivity index (χ1) is 9.15. The van der Waals surface area contributed by atoms with Crippen molar-refractivity contribution in [2.45, 2.75) is 20.3 Å². The summed E-state index contributed by atoms with van der Waals surface area (Å²) in [6.45, 7) is 3.58. The number of nitriles is 1. The molecule has 0 fully saturated rings. The van der Waals surface area contributed by atoms with Gasteiger partial charge in [-0.1, -0.05) is 42.5 Å².